The van der Waals surface area contributed by atoms with E-state index in [4.69, 9.17) is 0 Å². The van der Waals surface area contributed by atoms with Crippen molar-refractivity contribution in [2.24, 2.45) is 0 Å². The highest BCUT2D eigenvalue weighted by atomic mass is 19.4. The third-order valence-electron chi connectivity index (χ3n) is 4.13. The quantitative estimate of drug-likeness (QED) is 0.726. The Morgan fingerprint density at radius 2 is 1.57 bits per heavy atom. The SMILES string of the molecule is FC(F)(F)C1(c2cccc(Cn3cc4ccccc4c3)c2)NN1. The van der Waals surface area contributed by atoms with Crippen LogP contribution in [0.1, 0.15) is 11.1 Å². The van der Waals surface area contributed by atoms with Crippen LogP contribution in [0.2, 0.25) is 0 Å². The van der Waals surface area contributed by atoms with Gasteiger partial charge < -0.3 is 4.57 Å². The van der Waals surface area contributed by atoms with Crippen molar-refractivity contribution in [3.8, 4) is 0 Å². The number of nitrogens with zero attached hydrogens (tertiary/aromatic N) is 1. The number of hydrazine groups is 1. The maximum Gasteiger partial charge on any atom is 0.426 e. The van der Waals surface area contributed by atoms with E-state index in [0.717, 1.165) is 16.3 Å². The number of nitrogens with one attached hydrogen (secondary N) is 2. The van der Waals surface area contributed by atoms with E-state index in [1.165, 1.54) is 6.07 Å². The van der Waals surface area contributed by atoms with E-state index in [2.05, 4.69) is 10.9 Å². The van der Waals surface area contributed by atoms with Gasteiger partial charge in [0, 0.05) is 18.9 Å². The Balaban J connectivity index is 1.64. The summed E-state index contributed by atoms with van der Waals surface area (Å²) in [6.07, 6.45) is -0.391. The van der Waals surface area contributed by atoms with Crippen LogP contribution in [-0.2, 0) is 12.2 Å². The van der Waals surface area contributed by atoms with Crippen LogP contribution in [0.3, 0.4) is 0 Å². The van der Waals surface area contributed by atoms with Gasteiger partial charge in [-0.2, -0.15) is 13.2 Å². The van der Waals surface area contributed by atoms with E-state index in [1.54, 1.807) is 12.1 Å². The minimum absolute atomic E-state index is 0.180. The van der Waals surface area contributed by atoms with Crippen molar-refractivity contribution in [3.63, 3.8) is 0 Å². The van der Waals surface area contributed by atoms with Crippen molar-refractivity contribution >= 4 is 10.8 Å². The molecule has 1 aliphatic heterocycles. The van der Waals surface area contributed by atoms with Crippen LogP contribution in [0.25, 0.3) is 10.8 Å². The Morgan fingerprint density at radius 3 is 2.13 bits per heavy atom. The molecule has 6 heteroatoms. The summed E-state index contributed by atoms with van der Waals surface area (Å²) in [5, 5.41) is 2.22. The van der Waals surface area contributed by atoms with Crippen molar-refractivity contribution in [1.82, 2.24) is 15.4 Å². The zero-order valence-corrected chi connectivity index (χ0v) is 12.1. The first-order chi connectivity index (χ1) is 11.0. The van der Waals surface area contributed by atoms with E-state index in [9.17, 15) is 13.2 Å². The van der Waals surface area contributed by atoms with Gasteiger partial charge in [0.25, 0.3) is 0 Å². The van der Waals surface area contributed by atoms with E-state index < -0.39 is 11.8 Å². The summed E-state index contributed by atoms with van der Waals surface area (Å²) in [5.41, 5.74) is 3.36. The van der Waals surface area contributed by atoms with Crippen LogP contribution >= 0.6 is 0 Å². The number of rotatable bonds is 3. The highest BCUT2D eigenvalue weighted by molar-refractivity contribution is 5.82. The summed E-state index contributed by atoms with van der Waals surface area (Å²) >= 11 is 0. The molecule has 2 N–H and O–H groups in total. The highest BCUT2D eigenvalue weighted by Gasteiger charge is 2.65. The minimum atomic E-state index is -4.38. The molecule has 2 heterocycles. The van der Waals surface area contributed by atoms with Gasteiger partial charge in [0.1, 0.15) is 0 Å². The van der Waals surface area contributed by atoms with Gasteiger partial charge in [0.15, 0.2) is 0 Å². The van der Waals surface area contributed by atoms with Crippen molar-refractivity contribution < 1.29 is 13.2 Å². The summed E-state index contributed by atoms with van der Waals surface area (Å²) in [6, 6.07) is 14.5. The molecule has 0 bridgehead atoms. The van der Waals surface area contributed by atoms with Crippen LogP contribution in [0.4, 0.5) is 13.2 Å². The van der Waals surface area contributed by atoms with Crippen LogP contribution < -0.4 is 10.9 Å². The Morgan fingerprint density at radius 1 is 0.913 bits per heavy atom. The second-order valence-corrected chi connectivity index (χ2v) is 5.76. The Kier molecular flexibility index (Phi) is 3.01. The van der Waals surface area contributed by atoms with Gasteiger partial charge in [0.05, 0.1) is 0 Å². The van der Waals surface area contributed by atoms with E-state index >= 15 is 0 Å². The van der Waals surface area contributed by atoms with Gasteiger partial charge in [-0.1, -0.05) is 48.5 Å². The third kappa shape index (κ3) is 2.40. The topological polar surface area (TPSA) is 48.8 Å². The maximum absolute atomic E-state index is 13.1. The molecule has 1 aromatic heterocycles. The first-order valence-corrected chi connectivity index (χ1v) is 7.23. The predicted octanol–water partition coefficient (Wildman–Crippen LogP) is 3.51. The number of fused-ring (bicyclic) bond motifs is 1. The van der Waals surface area contributed by atoms with Gasteiger partial charge >= 0.3 is 6.18 Å². The van der Waals surface area contributed by atoms with Crippen LogP contribution in [0.5, 0.6) is 0 Å². The summed E-state index contributed by atoms with van der Waals surface area (Å²) in [4.78, 5) is 0. The molecule has 4 rings (SSSR count). The van der Waals surface area contributed by atoms with Crippen molar-refractivity contribution in [1.29, 1.82) is 0 Å². The average Bonchev–Trinajstić information content (AvgIpc) is 3.23. The Labute approximate surface area is 130 Å². The lowest BCUT2D eigenvalue weighted by Gasteiger charge is -2.17. The summed E-state index contributed by atoms with van der Waals surface area (Å²) in [7, 11) is 0. The fraction of sp³-hybridized carbons (Fsp3) is 0.176. The van der Waals surface area contributed by atoms with Crippen molar-refractivity contribution in [2.75, 3.05) is 0 Å². The zero-order valence-electron chi connectivity index (χ0n) is 12.1. The minimum Gasteiger partial charge on any atom is -0.349 e. The number of aromatic nitrogens is 1. The Hall–Kier alpha value is -2.31. The lowest BCUT2D eigenvalue weighted by atomic mass is 10.0. The lowest BCUT2D eigenvalue weighted by Crippen LogP contribution is -2.34. The standard InChI is InChI=1S/C17H14F3N3/c18-17(19,20)16(21-22-16)15-7-3-4-12(8-15)9-23-10-13-5-1-2-6-14(13)11-23/h1-8,10-11,21-22H,9H2. The molecule has 0 spiro atoms. The number of halogens is 3. The fourth-order valence-electron chi connectivity index (χ4n) is 2.86. The zero-order chi connectivity index (χ0) is 16.1. The molecule has 1 saturated heterocycles. The van der Waals surface area contributed by atoms with Crippen LogP contribution in [0.15, 0.2) is 60.9 Å². The summed E-state index contributed by atoms with van der Waals surface area (Å²) in [6.45, 7) is 0.524. The summed E-state index contributed by atoms with van der Waals surface area (Å²) in [5.74, 6) is 0. The van der Waals surface area contributed by atoms with Gasteiger partial charge in [-0.3, -0.25) is 0 Å². The molecule has 1 fully saturated rings. The third-order valence-corrected chi connectivity index (χ3v) is 4.13. The molecule has 2 aromatic carbocycles. The molecule has 0 amide bonds. The molecular weight excluding hydrogens is 303 g/mol. The maximum atomic E-state index is 13.1. The predicted molar refractivity (Wildman–Crippen MR) is 81.5 cm³/mol. The molecular formula is C17H14F3N3. The molecule has 0 unspecified atom stereocenters. The van der Waals surface area contributed by atoms with E-state index in [-0.39, 0.29) is 5.56 Å². The van der Waals surface area contributed by atoms with Crippen molar-refractivity contribution in [2.45, 2.75) is 18.4 Å². The number of hydrogen-bond donors (Lipinski definition) is 2. The molecule has 0 radical (unpaired) electrons. The number of alkyl halides is 3. The summed E-state index contributed by atoms with van der Waals surface area (Å²) < 4.78 is 41.4. The van der Waals surface area contributed by atoms with E-state index in [0.29, 0.717) is 6.54 Å². The van der Waals surface area contributed by atoms with Gasteiger partial charge in [0.2, 0.25) is 5.66 Å². The lowest BCUT2D eigenvalue weighted by molar-refractivity contribution is -0.165. The second kappa shape index (κ2) is 4.84. The molecule has 0 atom stereocenters. The van der Waals surface area contributed by atoms with Gasteiger partial charge in [-0.25, -0.2) is 10.9 Å². The number of benzene rings is 2. The molecule has 0 aliphatic carbocycles. The monoisotopic (exact) mass is 317 g/mol. The highest BCUT2D eigenvalue weighted by Crippen LogP contribution is 2.42. The smallest absolute Gasteiger partial charge is 0.349 e. The molecule has 3 aromatic rings. The van der Waals surface area contributed by atoms with Gasteiger partial charge in [-0.15, -0.1) is 0 Å². The first kappa shape index (κ1) is 14.3. The molecule has 0 saturated carbocycles. The van der Waals surface area contributed by atoms with E-state index in [1.807, 2.05) is 47.3 Å². The molecule has 118 valence electrons. The average molecular weight is 317 g/mol. The largest absolute Gasteiger partial charge is 0.426 e. The molecule has 1 aliphatic rings. The van der Waals surface area contributed by atoms with Crippen LogP contribution in [0, 0.1) is 0 Å². The van der Waals surface area contributed by atoms with Gasteiger partial charge in [-0.05, 0) is 21.9 Å². The molecule has 3 nitrogen and oxygen atoms in total. The number of hydrogen-bond acceptors (Lipinski definition) is 2. The fourth-order valence-corrected chi connectivity index (χ4v) is 2.86. The first-order valence-electron chi connectivity index (χ1n) is 7.23. The Bertz CT molecular complexity index is 830. The van der Waals surface area contributed by atoms with Crippen molar-refractivity contribution in [3.05, 3.63) is 72.1 Å². The van der Waals surface area contributed by atoms with Crippen LogP contribution in [-0.4, -0.2) is 10.7 Å². The normalized spacial score (nSPS) is 16.7. The molecule has 23 heavy (non-hydrogen) atoms. The second-order valence-electron chi connectivity index (χ2n) is 5.76.